The zero-order chi connectivity index (χ0) is 19.3. The molecule has 0 unspecified atom stereocenters. The fraction of sp³-hybridized carbons (Fsp3) is 0.133. The van der Waals surface area contributed by atoms with Gasteiger partial charge in [0.15, 0.2) is 0 Å². The van der Waals surface area contributed by atoms with E-state index in [9.17, 15) is 35.1 Å². The van der Waals surface area contributed by atoms with E-state index in [4.69, 9.17) is 0 Å². The Labute approximate surface area is 145 Å². The molecule has 0 aromatic heterocycles. The second-order valence-electron chi connectivity index (χ2n) is 5.77. The van der Waals surface area contributed by atoms with Gasteiger partial charge in [-0.1, -0.05) is 0 Å². The molecule has 1 aromatic carbocycles. The molecule has 0 bridgehead atoms. The Bertz CT molecular complexity index is 1020. The molecule has 0 atom stereocenters. The normalized spacial score (nSPS) is 15.1. The predicted molar refractivity (Wildman–Crippen MR) is 88.4 cm³/mol. The molecule has 2 aliphatic carbocycles. The highest BCUT2D eigenvalue weighted by molar-refractivity contribution is 6.26. The molecular formula is C15H10N4O7. The van der Waals surface area contributed by atoms with Crippen molar-refractivity contribution in [2.75, 3.05) is 14.1 Å². The summed E-state index contributed by atoms with van der Waals surface area (Å²) in [6, 6.07) is 1.79. The number of hydrogen-bond acceptors (Lipinski definition) is 8. The molecule has 0 saturated carbocycles. The van der Waals surface area contributed by atoms with Crippen molar-refractivity contribution in [1.82, 2.24) is 4.90 Å². The summed E-state index contributed by atoms with van der Waals surface area (Å²) in [5.41, 5.74) is -2.07. The van der Waals surface area contributed by atoms with Crippen molar-refractivity contribution in [1.29, 1.82) is 0 Å². The number of nitrogens with zero attached hydrogens (tertiary/aromatic N) is 4. The van der Waals surface area contributed by atoms with E-state index in [2.05, 4.69) is 0 Å². The van der Waals surface area contributed by atoms with Crippen molar-refractivity contribution in [3.8, 4) is 0 Å². The Kier molecular flexibility index (Phi) is 3.64. The first kappa shape index (κ1) is 17.0. The van der Waals surface area contributed by atoms with Crippen LogP contribution in [0.5, 0.6) is 0 Å². The van der Waals surface area contributed by atoms with Gasteiger partial charge in [0, 0.05) is 31.8 Å². The zero-order valence-electron chi connectivity index (χ0n) is 13.5. The number of likely N-dealkylation sites (N-methyl/N-ethyl adjacent to an activating group) is 1. The molecule has 2 aliphatic rings. The number of rotatable bonds is 4. The quantitative estimate of drug-likeness (QED) is 0.585. The van der Waals surface area contributed by atoms with Gasteiger partial charge in [0.1, 0.15) is 0 Å². The van der Waals surface area contributed by atoms with E-state index in [1.807, 2.05) is 0 Å². The van der Waals surface area contributed by atoms with Gasteiger partial charge in [-0.15, -0.1) is 0 Å². The highest BCUT2D eigenvalue weighted by atomic mass is 16.6. The number of Topliss-reactive ketones (excluding diaryl/α,β-unsaturated/α-hetero) is 1. The third-order valence-electron chi connectivity index (χ3n) is 4.04. The maximum absolute atomic E-state index is 12.6. The number of ketones is 1. The first-order chi connectivity index (χ1) is 12.1. The van der Waals surface area contributed by atoms with E-state index in [1.54, 1.807) is 0 Å². The number of non-ortho nitro benzene ring substituents is 1. The molecule has 1 aromatic rings. The van der Waals surface area contributed by atoms with E-state index in [-0.39, 0.29) is 28.0 Å². The summed E-state index contributed by atoms with van der Waals surface area (Å²) in [4.78, 5) is 45.6. The smallest absolute Gasteiger partial charge is 0.284 e. The number of hydrogen-bond donors (Lipinski definition) is 0. The number of nitro benzene ring substituents is 2. The van der Waals surface area contributed by atoms with Gasteiger partial charge in [-0.3, -0.25) is 35.1 Å². The van der Waals surface area contributed by atoms with Gasteiger partial charge >= 0.3 is 0 Å². The van der Waals surface area contributed by atoms with Crippen molar-refractivity contribution in [2.24, 2.45) is 0 Å². The van der Waals surface area contributed by atoms with Crippen molar-refractivity contribution in [2.45, 2.75) is 0 Å². The van der Waals surface area contributed by atoms with Crippen LogP contribution >= 0.6 is 0 Å². The van der Waals surface area contributed by atoms with Crippen LogP contribution in [-0.4, -0.2) is 39.5 Å². The van der Waals surface area contributed by atoms with E-state index >= 15 is 0 Å². The topological polar surface area (TPSA) is 150 Å². The molecule has 0 aliphatic heterocycles. The minimum Gasteiger partial charge on any atom is -0.374 e. The maximum atomic E-state index is 12.6. The van der Waals surface area contributed by atoms with Crippen molar-refractivity contribution >= 4 is 28.8 Å². The summed E-state index contributed by atoms with van der Waals surface area (Å²) in [5.74, 6) is -0.552. The van der Waals surface area contributed by atoms with Gasteiger partial charge in [0.25, 0.3) is 17.1 Å². The van der Waals surface area contributed by atoms with Crippen LogP contribution in [0.2, 0.25) is 0 Å². The molecule has 26 heavy (non-hydrogen) atoms. The maximum Gasteiger partial charge on any atom is 0.284 e. The van der Waals surface area contributed by atoms with Crippen molar-refractivity contribution in [3.05, 3.63) is 76.6 Å². The summed E-state index contributed by atoms with van der Waals surface area (Å²) in [7, 11) is 3.06. The molecule has 132 valence electrons. The number of benzene rings is 1. The zero-order valence-corrected chi connectivity index (χ0v) is 13.5. The molecule has 0 heterocycles. The molecular weight excluding hydrogens is 348 g/mol. The first-order valence-electron chi connectivity index (χ1n) is 7.15. The SMILES string of the molecule is CN(C)C1=CC([N+](=O)[O-])=C2C(=Cc3cc([N+](=O)[O-])cc([N+](=O)[O-])c32)C1=O. The molecule has 0 N–H and O–H groups in total. The van der Waals surface area contributed by atoms with Gasteiger partial charge in [-0.25, -0.2) is 0 Å². The van der Waals surface area contributed by atoms with Crippen LogP contribution in [0.1, 0.15) is 11.1 Å². The van der Waals surface area contributed by atoms with Gasteiger partial charge in [-0.2, -0.15) is 0 Å². The van der Waals surface area contributed by atoms with Crippen LogP contribution < -0.4 is 0 Å². The summed E-state index contributed by atoms with van der Waals surface area (Å²) in [5, 5.41) is 33.9. The Balaban J connectivity index is 2.41. The monoisotopic (exact) mass is 358 g/mol. The molecule has 0 saturated heterocycles. The lowest BCUT2D eigenvalue weighted by Crippen LogP contribution is -2.25. The van der Waals surface area contributed by atoms with Gasteiger partial charge in [0.2, 0.25) is 5.78 Å². The van der Waals surface area contributed by atoms with Crippen molar-refractivity contribution < 1.29 is 19.6 Å². The number of carbonyl (C=O) groups excluding carboxylic acids is 1. The minimum absolute atomic E-state index is 0.0250. The lowest BCUT2D eigenvalue weighted by molar-refractivity contribution is -0.418. The third-order valence-corrected chi connectivity index (χ3v) is 4.04. The number of carbonyl (C=O) groups is 1. The van der Waals surface area contributed by atoms with Crippen LogP contribution in [0.3, 0.4) is 0 Å². The van der Waals surface area contributed by atoms with Crippen molar-refractivity contribution in [3.63, 3.8) is 0 Å². The lowest BCUT2D eigenvalue weighted by Gasteiger charge is -2.20. The number of nitro groups is 3. The predicted octanol–water partition coefficient (Wildman–Crippen LogP) is 1.92. The van der Waals surface area contributed by atoms with Gasteiger partial charge in [-0.05, 0) is 11.6 Å². The first-order valence-corrected chi connectivity index (χ1v) is 7.15. The highest BCUT2D eigenvalue weighted by Crippen LogP contribution is 2.47. The molecule has 11 heteroatoms. The summed E-state index contributed by atoms with van der Waals surface area (Å²) in [6.07, 6.45) is 2.27. The van der Waals surface area contributed by atoms with E-state index in [0.717, 1.165) is 18.2 Å². The summed E-state index contributed by atoms with van der Waals surface area (Å²) in [6.45, 7) is 0. The fourth-order valence-electron chi connectivity index (χ4n) is 2.96. The molecule has 0 fully saturated rings. The molecule has 3 rings (SSSR count). The fourth-order valence-corrected chi connectivity index (χ4v) is 2.96. The molecule has 11 nitrogen and oxygen atoms in total. The van der Waals surface area contributed by atoms with Crippen LogP contribution in [0.15, 0.2) is 35.2 Å². The molecule has 0 spiro atoms. The second kappa shape index (κ2) is 5.58. The summed E-state index contributed by atoms with van der Waals surface area (Å²) < 4.78 is 0. The molecule has 0 radical (unpaired) electrons. The summed E-state index contributed by atoms with van der Waals surface area (Å²) >= 11 is 0. The average Bonchev–Trinajstić information content (AvgIpc) is 2.93. The van der Waals surface area contributed by atoms with Crippen LogP contribution in [0.4, 0.5) is 11.4 Å². The van der Waals surface area contributed by atoms with Crippen LogP contribution in [0.25, 0.3) is 11.6 Å². The molecule has 0 amide bonds. The largest absolute Gasteiger partial charge is 0.374 e. The Morgan fingerprint density at radius 3 is 2.08 bits per heavy atom. The minimum atomic E-state index is -0.858. The van der Waals surface area contributed by atoms with Crippen LogP contribution in [-0.2, 0) is 4.79 Å². The second-order valence-corrected chi connectivity index (χ2v) is 5.77. The third kappa shape index (κ3) is 2.33. The van der Waals surface area contributed by atoms with Crippen LogP contribution in [0, 0.1) is 30.3 Å². The number of allylic oxidation sites excluding steroid dienone is 3. The van der Waals surface area contributed by atoms with E-state index in [1.165, 1.54) is 25.1 Å². The number of fused-ring (bicyclic) bond motifs is 3. The Hall–Kier alpha value is -3.89. The highest BCUT2D eigenvalue weighted by Gasteiger charge is 2.42. The standard InChI is InChI=1S/C15H10N4O7/c1-16(2)12-6-11(19(25)26)14-9(15(12)20)4-7-3-8(17(21)22)5-10(13(7)14)18(23)24/h3-6H,1-2H3. The Morgan fingerprint density at radius 2 is 1.58 bits per heavy atom. The average molecular weight is 358 g/mol. The Morgan fingerprint density at radius 1 is 0.923 bits per heavy atom. The van der Waals surface area contributed by atoms with Gasteiger partial charge < -0.3 is 4.90 Å². The lowest BCUT2D eigenvalue weighted by atomic mass is 9.90. The van der Waals surface area contributed by atoms with E-state index in [0.29, 0.717) is 0 Å². The van der Waals surface area contributed by atoms with Gasteiger partial charge in [0.05, 0.1) is 37.7 Å². The van der Waals surface area contributed by atoms with E-state index < -0.39 is 37.6 Å².